The number of hydrogen-bond acceptors (Lipinski definition) is 5. The number of benzene rings is 1. The Balaban J connectivity index is 1.67. The van der Waals surface area contributed by atoms with Gasteiger partial charge in [-0.1, -0.05) is 17.3 Å². The highest BCUT2D eigenvalue weighted by Gasteiger charge is 2.17. The molecule has 0 unspecified atom stereocenters. The molecule has 1 aromatic carbocycles. The molecule has 1 aliphatic heterocycles. The van der Waals surface area contributed by atoms with Crippen LogP contribution >= 0.6 is 23.5 Å². The third-order valence-electron chi connectivity index (χ3n) is 3.14. The number of anilines is 1. The lowest BCUT2D eigenvalue weighted by Gasteiger charge is -2.21. The summed E-state index contributed by atoms with van der Waals surface area (Å²) in [6.07, 6.45) is 1.28. The van der Waals surface area contributed by atoms with E-state index < -0.39 is 0 Å². The molecule has 3 rings (SSSR count). The zero-order chi connectivity index (χ0) is 14.7. The van der Waals surface area contributed by atoms with Crippen LogP contribution in [0.3, 0.4) is 0 Å². The van der Waals surface area contributed by atoms with E-state index in [9.17, 15) is 4.79 Å². The van der Waals surface area contributed by atoms with E-state index in [1.165, 1.54) is 23.5 Å². The number of nitrogens with zero attached hydrogens (tertiary/aromatic N) is 1. The fourth-order valence-corrected chi connectivity index (χ4v) is 4.98. The number of nitrogens with one attached hydrogen (secondary N) is 1. The maximum Gasteiger partial charge on any atom is 0.256 e. The van der Waals surface area contributed by atoms with Crippen molar-refractivity contribution in [3.05, 3.63) is 47.2 Å². The lowest BCUT2D eigenvalue weighted by molar-refractivity contribution is 0.102. The van der Waals surface area contributed by atoms with Gasteiger partial charge in [-0.3, -0.25) is 4.79 Å². The smallest absolute Gasteiger partial charge is 0.256 e. The highest BCUT2D eigenvalue weighted by molar-refractivity contribution is 8.16. The average molecular weight is 320 g/mol. The summed E-state index contributed by atoms with van der Waals surface area (Å²) in [6.45, 7) is 1.79. The molecule has 4 nitrogen and oxygen atoms in total. The molecule has 1 aliphatic rings. The molecular formula is C15H16N2O2S2. The maximum absolute atomic E-state index is 12.1. The first-order chi connectivity index (χ1) is 10.2. The molecule has 1 saturated heterocycles. The van der Waals surface area contributed by atoms with Gasteiger partial charge in [0.2, 0.25) is 0 Å². The van der Waals surface area contributed by atoms with Crippen LogP contribution in [0.4, 0.5) is 5.82 Å². The van der Waals surface area contributed by atoms with Gasteiger partial charge in [0.25, 0.3) is 5.91 Å². The van der Waals surface area contributed by atoms with Crippen LogP contribution < -0.4 is 5.32 Å². The van der Waals surface area contributed by atoms with Crippen LogP contribution in [-0.4, -0.2) is 22.6 Å². The highest BCUT2D eigenvalue weighted by atomic mass is 32.2. The van der Waals surface area contributed by atoms with E-state index >= 15 is 0 Å². The van der Waals surface area contributed by atoms with Crippen LogP contribution in [0.5, 0.6) is 0 Å². The van der Waals surface area contributed by atoms with Crippen molar-refractivity contribution >= 4 is 35.2 Å². The minimum Gasteiger partial charge on any atom is -0.360 e. The molecule has 6 heteroatoms. The molecule has 0 bridgehead atoms. The number of amides is 1. The van der Waals surface area contributed by atoms with Gasteiger partial charge in [0.15, 0.2) is 5.82 Å². The quantitative estimate of drug-likeness (QED) is 0.922. The minimum absolute atomic E-state index is 0.168. The average Bonchev–Trinajstić information content (AvgIpc) is 2.93. The van der Waals surface area contributed by atoms with Gasteiger partial charge < -0.3 is 9.84 Å². The molecule has 1 aromatic heterocycles. The number of thioether (sulfide) groups is 2. The van der Waals surface area contributed by atoms with E-state index in [-0.39, 0.29) is 5.91 Å². The number of aryl methyl sites for hydroxylation is 1. The van der Waals surface area contributed by atoms with Crippen LogP contribution in [0, 0.1) is 6.92 Å². The van der Waals surface area contributed by atoms with Crippen LogP contribution in [0.2, 0.25) is 0 Å². The van der Waals surface area contributed by atoms with Crippen molar-refractivity contribution in [3.63, 3.8) is 0 Å². The Morgan fingerprint density at radius 3 is 2.62 bits per heavy atom. The summed E-state index contributed by atoms with van der Waals surface area (Å²) in [5, 5.41) is 6.48. The van der Waals surface area contributed by atoms with Crippen LogP contribution in [0.1, 0.15) is 32.7 Å². The molecule has 2 aromatic rings. The van der Waals surface area contributed by atoms with Crippen molar-refractivity contribution < 1.29 is 9.32 Å². The topological polar surface area (TPSA) is 55.1 Å². The molecule has 0 radical (unpaired) electrons. The SMILES string of the molecule is Cc1cc(NC(=O)c2ccc(C3SCCCS3)cc2)no1. The van der Waals surface area contributed by atoms with Gasteiger partial charge in [-0.25, -0.2) is 0 Å². The third-order valence-corrected chi connectivity index (χ3v) is 6.16. The number of carbonyl (C=O) groups excluding carboxylic acids is 1. The van der Waals surface area contributed by atoms with E-state index in [1.54, 1.807) is 13.0 Å². The van der Waals surface area contributed by atoms with Gasteiger partial charge in [-0.15, -0.1) is 23.5 Å². The molecule has 0 atom stereocenters. The van der Waals surface area contributed by atoms with Crippen molar-refractivity contribution in [1.82, 2.24) is 5.16 Å². The van der Waals surface area contributed by atoms with Crippen LogP contribution in [0.25, 0.3) is 0 Å². The van der Waals surface area contributed by atoms with Crippen LogP contribution in [0.15, 0.2) is 34.9 Å². The van der Waals surface area contributed by atoms with E-state index in [2.05, 4.69) is 10.5 Å². The molecule has 110 valence electrons. The summed E-state index contributed by atoms with van der Waals surface area (Å²) in [4.78, 5) is 12.1. The largest absolute Gasteiger partial charge is 0.360 e. The first-order valence-corrected chi connectivity index (χ1v) is 8.90. The van der Waals surface area contributed by atoms with Crippen molar-refractivity contribution in [2.75, 3.05) is 16.8 Å². The lowest BCUT2D eigenvalue weighted by Crippen LogP contribution is -2.12. The normalized spacial score (nSPS) is 15.9. The number of aromatic nitrogens is 1. The zero-order valence-corrected chi connectivity index (χ0v) is 13.3. The van der Waals surface area contributed by atoms with E-state index in [1.807, 2.05) is 47.8 Å². The second-order valence-corrected chi connectivity index (χ2v) is 7.55. The van der Waals surface area contributed by atoms with Gasteiger partial charge >= 0.3 is 0 Å². The molecular weight excluding hydrogens is 304 g/mol. The van der Waals surface area contributed by atoms with Gasteiger partial charge in [0.05, 0.1) is 4.58 Å². The summed E-state index contributed by atoms with van der Waals surface area (Å²) in [7, 11) is 0. The molecule has 0 spiro atoms. The van der Waals surface area contributed by atoms with E-state index in [4.69, 9.17) is 4.52 Å². The standard InChI is InChI=1S/C15H16N2O2S2/c1-10-9-13(17-19-10)16-14(18)11-3-5-12(6-4-11)15-20-7-2-8-21-15/h3-6,9,15H,2,7-8H2,1H3,(H,16,17,18). The number of carbonyl (C=O) groups is 1. The predicted octanol–water partition coefficient (Wildman–Crippen LogP) is 4.10. The summed E-state index contributed by atoms with van der Waals surface area (Å²) < 4.78 is 5.42. The second-order valence-electron chi connectivity index (χ2n) is 4.83. The van der Waals surface area contributed by atoms with Crippen molar-refractivity contribution in [2.24, 2.45) is 0 Å². The number of hydrogen-bond donors (Lipinski definition) is 1. The van der Waals surface area contributed by atoms with Crippen molar-refractivity contribution in [3.8, 4) is 0 Å². The molecule has 1 amide bonds. The molecule has 1 fully saturated rings. The maximum atomic E-state index is 12.1. The van der Waals surface area contributed by atoms with E-state index in [0.29, 0.717) is 21.7 Å². The Kier molecular flexibility index (Phi) is 4.55. The first-order valence-electron chi connectivity index (χ1n) is 6.80. The monoisotopic (exact) mass is 320 g/mol. The predicted molar refractivity (Wildman–Crippen MR) is 87.9 cm³/mol. The van der Waals surface area contributed by atoms with Gasteiger partial charge in [0.1, 0.15) is 5.76 Å². The van der Waals surface area contributed by atoms with Gasteiger partial charge in [0, 0.05) is 11.6 Å². The number of rotatable bonds is 3. The van der Waals surface area contributed by atoms with Gasteiger partial charge in [-0.05, 0) is 42.5 Å². The molecule has 1 N–H and O–H groups in total. The fraction of sp³-hybridized carbons (Fsp3) is 0.333. The Morgan fingerprint density at radius 1 is 1.29 bits per heavy atom. The lowest BCUT2D eigenvalue weighted by atomic mass is 10.1. The molecule has 21 heavy (non-hydrogen) atoms. The molecule has 0 aliphatic carbocycles. The Bertz CT molecular complexity index is 619. The first kappa shape index (κ1) is 14.5. The van der Waals surface area contributed by atoms with Gasteiger partial charge in [-0.2, -0.15) is 0 Å². The molecule has 0 saturated carbocycles. The Labute approximate surface area is 132 Å². The zero-order valence-electron chi connectivity index (χ0n) is 11.7. The second kappa shape index (κ2) is 6.58. The Morgan fingerprint density at radius 2 is 2.00 bits per heavy atom. The fourth-order valence-electron chi connectivity index (χ4n) is 2.09. The van der Waals surface area contributed by atoms with Crippen LogP contribution in [-0.2, 0) is 0 Å². The summed E-state index contributed by atoms with van der Waals surface area (Å²) in [6, 6.07) is 9.51. The molecule has 2 heterocycles. The summed E-state index contributed by atoms with van der Waals surface area (Å²) in [5.74, 6) is 3.38. The van der Waals surface area contributed by atoms with Crippen molar-refractivity contribution in [1.29, 1.82) is 0 Å². The third kappa shape index (κ3) is 3.63. The van der Waals surface area contributed by atoms with Crippen molar-refractivity contribution in [2.45, 2.75) is 17.9 Å². The minimum atomic E-state index is -0.168. The highest BCUT2D eigenvalue weighted by Crippen LogP contribution is 2.43. The Hall–Kier alpha value is -1.40. The van der Waals surface area contributed by atoms with E-state index in [0.717, 1.165) is 0 Å². The summed E-state index contributed by atoms with van der Waals surface area (Å²) >= 11 is 3.95. The summed E-state index contributed by atoms with van der Waals surface area (Å²) in [5.41, 5.74) is 1.91.